The molecule has 0 bridgehead atoms. The second-order valence-corrected chi connectivity index (χ2v) is 8.36. The molecule has 2 N–H and O–H groups in total. The second kappa shape index (κ2) is 7.96. The number of carbonyl (C=O) groups excluding carboxylic acids is 1. The highest BCUT2D eigenvalue weighted by Gasteiger charge is 2.16. The Morgan fingerprint density at radius 1 is 1.14 bits per heavy atom. The maximum Gasteiger partial charge on any atom is 0.256 e. The van der Waals surface area contributed by atoms with Gasteiger partial charge in [-0.1, -0.05) is 18.2 Å². The Labute approximate surface area is 168 Å². The number of pyridine rings is 1. The Balaban J connectivity index is 1.95. The topological polar surface area (TPSA) is 107 Å². The molecule has 0 fully saturated rings. The number of hydrogen-bond acceptors (Lipinski definition) is 5. The summed E-state index contributed by atoms with van der Waals surface area (Å²) in [6.45, 7) is 1.53. The molecule has 0 unspecified atom stereocenters. The first-order valence-corrected chi connectivity index (χ1v) is 10.5. The van der Waals surface area contributed by atoms with Crippen LogP contribution in [0.1, 0.15) is 17.3 Å². The van der Waals surface area contributed by atoms with Crippen LogP contribution in [0.3, 0.4) is 0 Å². The smallest absolute Gasteiger partial charge is 0.256 e. The average molecular weight is 415 g/mol. The van der Waals surface area contributed by atoms with Gasteiger partial charge in [0.1, 0.15) is 5.75 Å². The van der Waals surface area contributed by atoms with Gasteiger partial charge in [-0.3, -0.25) is 14.3 Å². The van der Waals surface area contributed by atoms with Crippen LogP contribution in [0.5, 0.6) is 5.75 Å². The maximum atomic E-state index is 12.8. The van der Waals surface area contributed by atoms with Crippen molar-refractivity contribution >= 4 is 38.2 Å². The molecule has 3 rings (SSSR count). The van der Waals surface area contributed by atoms with Gasteiger partial charge in [-0.05, 0) is 25.1 Å². The molecule has 2 aromatic carbocycles. The van der Waals surface area contributed by atoms with Crippen molar-refractivity contribution in [2.45, 2.75) is 6.92 Å². The minimum atomic E-state index is -3.47. The lowest BCUT2D eigenvalue weighted by atomic mass is 10.1. The summed E-state index contributed by atoms with van der Waals surface area (Å²) in [7, 11) is -0.424. The molecule has 152 valence electrons. The molecule has 0 saturated carbocycles. The maximum absolute atomic E-state index is 12.8. The van der Waals surface area contributed by atoms with Crippen LogP contribution in [-0.4, -0.2) is 31.8 Å². The predicted octanol–water partition coefficient (Wildman–Crippen LogP) is 2.56. The SMILES string of the molecule is CCS(=O)(=O)Nc1ccc(NC(=O)c2cc(=O)n(C)c3ccccc23)cc1OC. The minimum absolute atomic E-state index is 0.0787. The first kappa shape index (κ1) is 20.4. The van der Waals surface area contributed by atoms with E-state index in [1.807, 2.05) is 0 Å². The molecule has 0 radical (unpaired) electrons. The number of anilines is 2. The van der Waals surface area contributed by atoms with Crippen molar-refractivity contribution in [3.8, 4) is 5.75 Å². The van der Waals surface area contributed by atoms with E-state index >= 15 is 0 Å². The number of rotatable bonds is 6. The number of hydrogen-bond donors (Lipinski definition) is 2. The van der Waals surface area contributed by atoms with Crippen LogP contribution in [0.2, 0.25) is 0 Å². The fraction of sp³-hybridized carbons (Fsp3) is 0.200. The van der Waals surface area contributed by atoms with E-state index in [0.717, 1.165) is 0 Å². The van der Waals surface area contributed by atoms with Gasteiger partial charge >= 0.3 is 0 Å². The number of fused-ring (bicyclic) bond motifs is 1. The van der Waals surface area contributed by atoms with Crippen molar-refractivity contribution in [2.75, 3.05) is 22.9 Å². The number of aromatic nitrogens is 1. The lowest BCUT2D eigenvalue weighted by Gasteiger charge is -2.14. The normalized spacial score (nSPS) is 11.3. The summed E-state index contributed by atoms with van der Waals surface area (Å²) >= 11 is 0. The van der Waals surface area contributed by atoms with Gasteiger partial charge in [-0.25, -0.2) is 8.42 Å². The first-order chi connectivity index (χ1) is 13.8. The first-order valence-electron chi connectivity index (χ1n) is 8.84. The van der Waals surface area contributed by atoms with E-state index in [1.165, 1.54) is 36.8 Å². The molecule has 0 spiro atoms. The fourth-order valence-corrected chi connectivity index (χ4v) is 3.54. The van der Waals surface area contributed by atoms with Gasteiger partial charge in [0.15, 0.2) is 0 Å². The minimum Gasteiger partial charge on any atom is -0.494 e. The number of ether oxygens (including phenoxy) is 1. The summed E-state index contributed by atoms with van der Waals surface area (Å²) in [5.41, 5.74) is 1.27. The number of aryl methyl sites for hydroxylation is 1. The molecule has 0 saturated heterocycles. The second-order valence-electron chi connectivity index (χ2n) is 6.35. The zero-order chi connectivity index (χ0) is 21.2. The fourth-order valence-electron chi connectivity index (χ4n) is 2.89. The summed E-state index contributed by atoms with van der Waals surface area (Å²) in [6.07, 6.45) is 0. The number of sulfonamides is 1. The highest BCUT2D eigenvalue weighted by atomic mass is 32.2. The molecule has 8 nitrogen and oxygen atoms in total. The predicted molar refractivity (Wildman–Crippen MR) is 113 cm³/mol. The van der Waals surface area contributed by atoms with Crippen LogP contribution in [-0.2, 0) is 17.1 Å². The van der Waals surface area contributed by atoms with Gasteiger partial charge in [0.05, 0.1) is 29.6 Å². The van der Waals surface area contributed by atoms with E-state index in [1.54, 1.807) is 37.4 Å². The lowest BCUT2D eigenvalue weighted by molar-refractivity contribution is 0.102. The molecule has 9 heteroatoms. The molecular formula is C20H21N3O5S. The Morgan fingerprint density at radius 3 is 2.55 bits per heavy atom. The Bertz CT molecular complexity index is 1250. The molecule has 0 atom stereocenters. The zero-order valence-electron chi connectivity index (χ0n) is 16.2. The molecule has 0 aliphatic heterocycles. The van der Waals surface area contributed by atoms with E-state index in [2.05, 4.69) is 10.0 Å². The van der Waals surface area contributed by atoms with Crippen LogP contribution >= 0.6 is 0 Å². The van der Waals surface area contributed by atoms with Crippen LogP contribution in [0.4, 0.5) is 11.4 Å². The standard InChI is InChI=1S/C20H21N3O5S/c1-4-29(26,27)22-16-10-9-13(11-18(16)28-3)21-20(25)15-12-19(24)23(2)17-8-6-5-7-14(15)17/h5-12,22H,4H2,1-3H3,(H,21,25). The van der Waals surface area contributed by atoms with Gasteiger partial charge in [0.25, 0.3) is 11.5 Å². The number of carbonyl (C=O) groups is 1. The van der Waals surface area contributed by atoms with Crippen molar-refractivity contribution in [3.05, 3.63) is 64.4 Å². The largest absolute Gasteiger partial charge is 0.494 e. The summed E-state index contributed by atoms with van der Waals surface area (Å²) in [6, 6.07) is 13.0. The van der Waals surface area contributed by atoms with Crippen molar-refractivity contribution in [1.29, 1.82) is 0 Å². The van der Waals surface area contributed by atoms with Crippen LogP contribution in [0.25, 0.3) is 10.9 Å². The van der Waals surface area contributed by atoms with Crippen molar-refractivity contribution in [1.82, 2.24) is 4.57 Å². The molecular weight excluding hydrogens is 394 g/mol. The van der Waals surface area contributed by atoms with Gasteiger partial charge < -0.3 is 14.6 Å². The zero-order valence-corrected chi connectivity index (χ0v) is 17.0. The van der Waals surface area contributed by atoms with E-state index in [0.29, 0.717) is 16.6 Å². The van der Waals surface area contributed by atoms with Crippen LogP contribution in [0.15, 0.2) is 53.3 Å². The van der Waals surface area contributed by atoms with E-state index in [-0.39, 0.29) is 28.3 Å². The van der Waals surface area contributed by atoms with Crippen molar-refractivity contribution < 1.29 is 17.9 Å². The van der Waals surface area contributed by atoms with E-state index in [4.69, 9.17) is 4.74 Å². The van der Waals surface area contributed by atoms with Gasteiger partial charge in [-0.2, -0.15) is 0 Å². The quantitative estimate of drug-likeness (QED) is 0.644. The van der Waals surface area contributed by atoms with Gasteiger partial charge in [-0.15, -0.1) is 0 Å². The third kappa shape index (κ3) is 4.24. The van der Waals surface area contributed by atoms with Gasteiger partial charge in [0, 0.05) is 30.3 Å². The summed E-state index contributed by atoms with van der Waals surface area (Å²) in [5, 5.41) is 3.38. The third-order valence-corrected chi connectivity index (χ3v) is 5.79. The molecule has 1 amide bonds. The number of nitrogens with one attached hydrogen (secondary N) is 2. The summed E-state index contributed by atoms with van der Waals surface area (Å²) in [5.74, 6) is -0.276. The molecule has 1 aromatic heterocycles. The van der Waals surface area contributed by atoms with Gasteiger partial charge in [0.2, 0.25) is 10.0 Å². The van der Waals surface area contributed by atoms with E-state index < -0.39 is 15.9 Å². The third-order valence-electron chi connectivity index (χ3n) is 4.50. The average Bonchev–Trinajstić information content (AvgIpc) is 2.71. The highest BCUT2D eigenvalue weighted by Crippen LogP contribution is 2.29. The van der Waals surface area contributed by atoms with Crippen molar-refractivity contribution in [2.24, 2.45) is 7.05 Å². The van der Waals surface area contributed by atoms with E-state index in [9.17, 15) is 18.0 Å². The molecule has 0 aliphatic rings. The number of methoxy groups -OCH3 is 1. The number of para-hydroxylation sites is 1. The van der Waals surface area contributed by atoms with Crippen LogP contribution < -0.4 is 20.3 Å². The van der Waals surface area contributed by atoms with Crippen LogP contribution in [0, 0.1) is 0 Å². The monoisotopic (exact) mass is 415 g/mol. The van der Waals surface area contributed by atoms with Crippen molar-refractivity contribution in [3.63, 3.8) is 0 Å². The molecule has 3 aromatic rings. The molecule has 0 aliphatic carbocycles. The Kier molecular flexibility index (Phi) is 5.60. The number of amides is 1. The summed E-state index contributed by atoms with van der Waals surface area (Å²) < 4.78 is 32.7. The Morgan fingerprint density at radius 2 is 1.86 bits per heavy atom. The molecule has 1 heterocycles. The highest BCUT2D eigenvalue weighted by molar-refractivity contribution is 7.92. The Hall–Kier alpha value is -3.33. The molecule has 29 heavy (non-hydrogen) atoms. The summed E-state index contributed by atoms with van der Waals surface area (Å²) in [4.78, 5) is 25.1. The number of benzene rings is 2. The lowest BCUT2D eigenvalue weighted by Crippen LogP contribution is -2.21. The number of nitrogens with zero attached hydrogens (tertiary/aromatic N) is 1.